The van der Waals surface area contributed by atoms with Crippen LogP contribution in [0, 0.1) is 5.92 Å². The fourth-order valence-corrected chi connectivity index (χ4v) is 2.16. The number of carbonyl (C=O) groups is 3. The number of esters is 1. The van der Waals surface area contributed by atoms with E-state index in [1.165, 1.54) is 0 Å². The second kappa shape index (κ2) is 11.3. The zero-order valence-electron chi connectivity index (χ0n) is 16.4. The van der Waals surface area contributed by atoms with Crippen molar-refractivity contribution >= 4 is 29.3 Å². The molecule has 0 unspecified atom stereocenters. The molecule has 0 spiro atoms. The Bertz CT molecular complexity index is 807. The molecule has 2 aromatic rings. The van der Waals surface area contributed by atoms with Crippen LogP contribution in [0.2, 0.25) is 0 Å². The van der Waals surface area contributed by atoms with Crippen LogP contribution in [0.15, 0.2) is 54.6 Å². The number of rotatable bonds is 9. The first-order valence-corrected chi connectivity index (χ1v) is 9.20. The predicted molar refractivity (Wildman–Crippen MR) is 109 cm³/mol. The largest absolute Gasteiger partial charge is 0.482 e. The molecule has 0 aromatic heterocycles. The SMILES string of the molecule is CC(C)CNC(=O)NC(=O)COC(=O)COc1ccc(Nc2ccccc2)cc1. The molecule has 0 atom stereocenters. The van der Waals surface area contributed by atoms with Crippen molar-refractivity contribution < 1.29 is 23.9 Å². The lowest BCUT2D eigenvalue weighted by atomic mass is 10.2. The number of carbonyl (C=O) groups excluding carboxylic acids is 3. The van der Waals surface area contributed by atoms with Gasteiger partial charge in [-0.05, 0) is 42.3 Å². The van der Waals surface area contributed by atoms with Gasteiger partial charge in [-0.3, -0.25) is 10.1 Å². The van der Waals surface area contributed by atoms with Gasteiger partial charge in [0.2, 0.25) is 0 Å². The second-order valence-corrected chi connectivity index (χ2v) is 6.62. The highest BCUT2D eigenvalue weighted by molar-refractivity contribution is 5.95. The Labute approximate surface area is 169 Å². The molecule has 154 valence electrons. The van der Waals surface area contributed by atoms with Crippen molar-refractivity contribution in [2.24, 2.45) is 5.92 Å². The van der Waals surface area contributed by atoms with E-state index in [0.29, 0.717) is 12.3 Å². The van der Waals surface area contributed by atoms with E-state index in [4.69, 9.17) is 9.47 Å². The summed E-state index contributed by atoms with van der Waals surface area (Å²) in [5.74, 6) is -0.683. The molecule has 0 aliphatic rings. The van der Waals surface area contributed by atoms with Gasteiger partial charge in [-0.1, -0.05) is 32.0 Å². The second-order valence-electron chi connectivity index (χ2n) is 6.62. The Morgan fingerprint density at radius 3 is 2.21 bits per heavy atom. The van der Waals surface area contributed by atoms with Crippen molar-refractivity contribution in [3.05, 3.63) is 54.6 Å². The van der Waals surface area contributed by atoms with Gasteiger partial charge in [0.25, 0.3) is 5.91 Å². The molecule has 0 saturated carbocycles. The summed E-state index contributed by atoms with van der Waals surface area (Å²) >= 11 is 0. The quantitative estimate of drug-likeness (QED) is 0.560. The summed E-state index contributed by atoms with van der Waals surface area (Å²) in [7, 11) is 0. The summed E-state index contributed by atoms with van der Waals surface area (Å²) in [5.41, 5.74) is 1.83. The predicted octanol–water partition coefficient (Wildman–Crippen LogP) is 2.83. The van der Waals surface area contributed by atoms with Crippen LogP contribution in [0.25, 0.3) is 0 Å². The van der Waals surface area contributed by atoms with Gasteiger partial charge < -0.3 is 20.1 Å². The number of hydrogen-bond acceptors (Lipinski definition) is 6. The normalized spacial score (nSPS) is 10.2. The van der Waals surface area contributed by atoms with Crippen LogP contribution < -0.4 is 20.7 Å². The molecule has 0 aliphatic heterocycles. The molecular weight excluding hydrogens is 374 g/mol. The van der Waals surface area contributed by atoms with Crippen LogP contribution in [0.4, 0.5) is 16.2 Å². The Balaban J connectivity index is 1.67. The van der Waals surface area contributed by atoms with E-state index in [1.807, 2.05) is 56.3 Å². The minimum atomic E-state index is -0.714. The standard InChI is InChI=1S/C21H25N3O5/c1-15(2)12-22-21(27)24-19(25)13-29-20(26)14-28-18-10-8-17(9-11-18)23-16-6-4-3-5-7-16/h3-11,15,23H,12-14H2,1-2H3,(H2,22,24,25,27). The highest BCUT2D eigenvalue weighted by Crippen LogP contribution is 2.19. The van der Waals surface area contributed by atoms with Crippen molar-refractivity contribution in [2.75, 3.05) is 25.1 Å². The molecular formula is C21H25N3O5. The van der Waals surface area contributed by atoms with E-state index in [2.05, 4.69) is 16.0 Å². The lowest BCUT2D eigenvalue weighted by Gasteiger charge is -2.10. The van der Waals surface area contributed by atoms with Gasteiger partial charge in [-0.15, -0.1) is 0 Å². The van der Waals surface area contributed by atoms with Gasteiger partial charge >= 0.3 is 12.0 Å². The first-order valence-electron chi connectivity index (χ1n) is 9.20. The first kappa shape index (κ1) is 21.7. The van der Waals surface area contributed by atoms with Gasteiger partial charge in [0.15, 0.2) is 13.2 Å². The highest BCUT2D eigenvalue weighted by Gasteiger charge is 2.11. The number of nitrogens with one attached hydrogen (secondary N) is 3. The zero-order valence-corrected chi connectivity index (χ0v) is 16.4. The third kappa shape index (κ3) is 8.79. The van der Waals surface area contributed by atoms with Crippen LogP contribution >= 0.6 is 0 Å². The number of urea groups is 1. The fourth-order valence-electron chi connectivity index (χ4n) is 2.16. The molecule has 0 bridgehead atoms. The van der Waals surface area contributed by atoms with Crippen LogP contribution in [0.5, 0.6) is 5.75 Å². The maximum atomic E-state index is 11.7. The summed E-state index contributed by atoms with van der Waals surface area (Å²) in [5, 5.41) is 7.84. The lowest BCUT2D eigenvalue weighted by molar-refractivity contribution is -0.150. The molecule has 0 aliphatic carbocycles. The lowest BCUT2D eigenvalue weighted by Crippen LogP contribution is -2.42. The van der Waals surface area contributed by atoms with Crippen molar-refractivity contribution in [3.63, 3.8) is 0 Å². The number of anilines is 2. The van der Waals surface area contributed by atoms with E-state index >= 15 is 0 Å². The number of para-hydroxylation sites is 1. The number of imide groups is 1. The van der Waals surface area contributed by atoms with Crippen LogP contribution in [0.3, 0.4) is 0 Å². The van der Waals surface area contributed by atoms with Gasteiger partial charge in [0.05, 0.1) is 0 Å². The molecule has 2 rings (SSSR count). The van der Waals surface area contributed by atoms with Crippen LogP contribution in [-0.4, -0.2) is 37.7 Å². The summed E-state index contributed by atoms with van der Waals surface area (Å²) in [6, 6.07) is 16.1. The minimum Gasteiger partial charge on any atom is -0.482 e. The van der Waals surface area contributed by atoms with Crippen molar-refractivity contribution in [2.45, 2.75) is 13.8 Å². The van der Waals surface area contributed by atoms with E-state index in [0.717, 1.165) is 11.4 Å². The minimum absolute atomic E-state index is 0.258. The molecule has 3 amide bonds. The summed E-state index contributed by atoms with van der Waals surface area (Å²) in [6.07, 6.45) is 0. The van der Waals surface area contributed by atoms with Crippen molar-refractivity contribution in [1.82, 2.24) is 10.6 Å². The van der Waals surface area contributed by atoms with Gasteiger partial charge in [-0.2, -0.15) is 0 Å². The van der Waals surface area contributed by atoms with E-state index < -0.39 is 24.5 Å². The third-order valence-electron chi connectivity index (χ3n) is 3.56. The molecule has 8 nitrogen and oxygen atoms in total. The monoisotopic (exact) mass is 399 g/mol. The van der Waals surface area contributed by atoms with Gasteiger partial charge in [0, 0.05) is 17.9 Å². The summed E-state index contributed by atoms with van der Waals surface area (Å²) in [4.78, 5) is 34.7. The van der Waals surface area contributed by atoms with E-state index in [-0.39, 0.29) is 12.5 Å². The van der Waals surface area contributed by atoms with Crippen molar-refractivity contribution in [3.8, 4) is 5.75 Å². The molecule has 0 fully saturated rings. The fraction of sp³-hybridized carbons (Fsp3) is 0.286. The molecule has 0 radical (unpaired) electrons. The average molecular weight is 399 g/mol. The number of amides is 3. The summed E-state index contributed by atoms with van der Waals surface area (Å²) in [6.45, 7) is 3.39. The van der Waals surface area contributed by atoms with Crippen LogP contribution in [0.1, 0.15) is 13.8 Å². The molecule has 0 heterocycles. The third-order valence-corrected chi connectivity index (χ3v) is 3.56. The molecule has 29 heavy (non-hydrogen) atoms. The maximum Gasteiger partial charge on any atom is 0.344 e. The van der Waals surface area contributed by atoms with Crippen molar-refractivity contribution in [1.29, 1.82) is 0 Å². The number of benzene rings is 2. The maximum absolute atomic E-state index is 11.7. The molecule has 0 saturated heterocycles. The Morgan fingerprint density at radius 1 is 0.897 bits per heavy atom. The summed E-state index contributed by atoms with van der Waals surface area (Å²) < 4.78 is 10.1. The highest BCUT2D eigenvalue weighted by atomic mass is 16.6. The molecule has 8 heteroatoms. The number of hydrogen-bond donors (Lipinski definition) is 3. The van der Waals surface area contributed by atoms with E-state index in [9.17, 15) is 14.4 Å². The topological polar surface area (TPSA) is 106 Å². The average Bonchev–Trinajstić information content (AvgIpc) is 2.71. The Morgan fingerprint density at radius 2 is 1.55 bits per heavy atom. The van der Waals surface area contributed by atoms with E-state index in [1.54, 1.807) is 12.1 Å². The Kier molecular flexibility index (Phi) is 8.50. The first-order chi connectivity index (χ1) is 13.9. The van der Waals surface area contributed by atoms with Gasteiger partial charge in [-0.25, -0.2) is 9.59 Å². The van der Waals surface area contributed by atoms with Crippen LogP contribution in [-0.2, 0) is 14.3 Å². The molecule has 3 N–H and O–H groups in total. The van der Waals surface area contributed by atoms with Gasteiger partial charge in [0.1, 0.15) is 5.75 Å². The molecule has 2 aromatic carbocycles. The Hall–Kier alpha value is -3.55. The number of ether oxygens (including phenoxy) is 2. The smallest absolute Gasteiger partial charge is 0.344 e. The zero-order chi connectivity index (χ0) is 21.1.